The number of anilines is 2. The Bertz CT molecular complexity index is 2080. The number of benzene rings is 5. The van der Waals surface area contributed by atoms with Gasteiger partial charge in [-0.05, 0) is 84.4 Å². The zero-order valence-corrected chi connectivity index (χ0v) is 25.2. The van der Waals surface area contributed by atoms with Crippen LogP contribution in [0.1, 0.15) is 41.9 Å². The molecule has 0 spiro atoms. The third kappa shape index (κ3) is 7.05. The van der Waals surface area contributed by atoms with Crippen LogP contribution in [-0.4, -0.2) is 39.0 Å². The van der Waals surface area contributed by atoms with Crippen molar-refractivity contribution < 1.29 is 33.8 Å². The van der Waals surface area contributed by atoms with Gasteiger partial charge in [0.15, 0.2) is 5.58 Å². The SMILES string of the molecule is O=C(O)c1ccc(C(=O)Nc2ccc(SC(C(=O)Nc3ccc(-c4nc5ccccc5o4)cc3)c3ccccc3)cc2)c(C(=O)O)c1. The lowest BCUT2D eigenvalue weighted by Crippen LogP contribution is -2.19. The van der Waals surface area contributed by atoms with Crippen molar-refractivity contribution in [2.75, 3.05) is 10.6 Å². The highest BCUT2D eigenvalue weighted by Crippen LogP contribution is 2.37. The molecule has 1 heterocycles. The van der Waals surface area contributed by atoms with E-state index < -0.39 is 28.7 Å². The quantitative estimate of drug-likeness (QED) is 0.110. The highest BCUT2D eigenvalue weighted by atomic mass is 32.2. The van der Waals surface area contributed by atoms with Gasteiger partial charge in [-0.15, -0.1) is 11.8 Å². The number of aromatic carboxylic acids is 2. The Morgan fingerprint density at radius 1 is 0.681 bits per heavy atom. The predicted octanol–water partition coefficient (Wildman–Crippen LogP) is 7.62. The number of carboxylic acids is 2. The lowest BCUT2D eigenvalue weighted by atomic mass is 10.0. The van der Waals surface area contributed by atoms with Crippen LogP contribution in [0.25, 0.3) is 22.6 Å². The van der Waals surface area contributed by atoms with Crippen LogP contribution in [0.5, 0.6) is 0 Å². The van der Waals surface area contributed by atoms with E-state index in [1.54, 1.807) is 36.4 Å². The van der Waals surface area contributed by atoms with Crippen molar-refractivity contribution in [3.63, 3.8) is 0 Å². The Morgan fingerprint density at radius 3 is 2.02 bits per heavy atom. The van der Waals surface area contributed by atoms with E-state index in [4.69, 9.17) is 9.52 Å². The largest absolute Gasteiger partial charge is 0.478 e. The normalized spacial score (nSPS) is 11.5. The van der Waals surface area contributed by atoms with Gasteiger partial charge in [0.1, 0.15) is 10.8 Å². The van der Waals surface area contributed by atoms with E-state index in [1.165, 1.54) is 23.9 Å². The summed E-state index contributed by atoms with van der Waals surface area (Å²) in [6.07, 6.45) is 0. The van der Waals surface area contributed by atoms with Crippen molar-refractivity contribution in [3.05, 3.63) is 144 Å². The summed E-state index contributed by atoms with van der Waals surface area (Å²) >= 11 is 1.32. The molecule has 0 aliphatic carbocycles. The third-order valence-electron chi connectivity index (χ3n) is 7.14. The molecule has 1 unspecified atom stereocenters. The average Bonchev–Trinajstić information content (AvgIpc) is 3.53. The fourth-order valence-corrected chi connectivity index (χ4v) is 5.83. The minimum Gasteiger partial charge on any atom is -0.478 e. The molecule has 0 bridgehead atoms. The number of hydrogen-bond donors (Lipinski definition) is 4. The fourth-order valence-electron chi connectivity index (χ4n) is 4.80. The molecule has 0 aliphatic heterocycles. The Balaban J connectivity index is 1.16. The number of para-hydroxylation sites is 2. The zero-order chi connectivity index (χ0) is 32.9. The van der Waals surface area contributed by atoms with Crippen molar-refractivity contribution >= 4 is 58.0 Å². The highest BCUT2D eigenvalue weighted by molar-refractivity contribution is 8.00. The van der Waals surface area contributed by atoms with Crippen molar-refractivity contribution in [1.29, 1.82) is 0 Å². The van der Waals surface area contributed by atoms with Gasteiger partial charge in [0.05, 0.1) is 16.7 Å². The number of nitrogens with zero attached hydrogens (tertiary/aromatic N) is 1. The second-order valence-electron chi connectivity index (χ2n) is 10.3. The molecular weight excluding hydrogens is 618 g/mol. The molecule has 47 heavy (non-hydrogen) atoms. The lowest BCUT2D eigenvalue weighted by molar-refractivity contribution is -0.115. The zero-order valence-electron chi connectivity index (χ0n) is 24.4. The van der Waals surface area contributed by atoms with Crippen LogP contribution in [0, 0.1) is 0 Å². The lowest BCUT2D eigenvalue weighted by Gasteiger charge is -2.17. The van der Waals surface area contributed by atoms with Gasteiger partial charge < -0.3 is 25.3 Å². The molecule has 0 aliphatic rings. The molecule has 0 saturated carbocycles. The first kappa shape index (κ1) is 30.8. The molecule has 232 valence electrons. The van der Waals surface area contributed by atoms with Gasteiger partial charge in [-0.3, -0.25) is 9.59 Å². The molecule has 6 aromatic rings. The minimum absolute atomic E-state index is 0.177. The molecule has 1 aromatic heterocycles. The highest BCUT2D eigenvalue weighted by Gasteiger charge is 2.23. The number of nitrogens with one attached hydrogen (secondary N) is 2. The molecule has 0 fully saturated rings. The van der Waals surface area contributed by atoms with Crippen LogP contribution >= 0.6 is 11.8 Å². The van der Waals surface area contributed by atoms with Gasteiger partial charge in [-0.25, -0.2) is 14.6 Å². The first-order chi connectivity index (χ1) is 22.7. The van der Waals surface area contributed by atoms with Gasteiger partial charge in [0.25, 0.3) is 5.91 Å². The predicted molar refractivity (Wildman–Crippen MR) is 178 cm³/mol. The number of carbonyl (C=O) groups excluding carboxylic acids is 2. The van der Waals surface area contributed by atoms with Gasteiger partial charge in [0.2, 0.25) is 11.8 Å². The smallest absolute Gasteiger partial charge is 0.336 e. The molecule has 4 N–H and O–H groups in total. The van der Waals surface area contributed by atoms with Crippen molar-refractivity contribution in [2.24, 2.45) is 0 Å². The molecule has 11 heteroatoms. The average molecular weight is 644 g/mol. The molecule has 6 rings (SSSR count). The maximum Gasteiger partial charge on any atom is 0.336 e. The van der Waals surface area contributed by atoms with Crippen LogP contribution in [0.15, 0.2) is 131 Å². The molecule has 5 aromatic carbocycles. The van der Waals surface area contributed by atoms with E-state index in [0.717, 1.165) is 27.6 Å². The van der Waals surface area contributed by atoms with Crippen LogP contribution < -0.4 is 10.6 Å². The summed E-state index contributed by atoms with van der Waals surface area (Å²) < 4.78 is 5.85. The Morgan fingerprint density at radius 2 is 1.34 bits per heavy atom. The third-order valence-corrected chi connectivity index (χ3v) is 8.41. The molecule has 10 nitrogen and oxygen atoms in total. The van der Waals surface area contributed by atoms with E-state index in [-0.39, 0.29) is 17.0 Å². The van der Waals surface area contributed by atoms with Crippen LogP contribution in [0.2, 0.25) is 0 Å². The first-order valence-electron chi connectivity index (χ1n) is 14.3. The second kappa shape index (κ2) is 13.4. The van der Waals surface area contributed by atoms with Crippen LogP contribution in [0.4, 0.5) is 11.4 Å². The molecule has 2 amide bonds. The summed E-state index contributed by atoms with van der Waals surface area (Å²) in [5, 5.41) is 23.7. The molecule has 1 atom stereocenters. The summed E-state index contributed by atoms with van der Waals surface area (Å²) in [5.41, 5.74) is 3.17. The van der Waals surface area contributed by atoms with Crippen LogP contribution in [0.3, 0.4) is 0 Å². The summed E-state index contributed by atoms with van der Waals surface area (Å²) in [6.45, 7) is 0. The monoisotopic (exact) mass is 643 g/mol. The number of hydrogen-bond acceptors (Lipinski definition) is 7. The number of rotatable bonds is 10. The first-order valence-corrected chi connectivity index (χ1v) is 15.1. The number of carbonyl (C=O) groups is 4. The van der Waals surface area contributed by atoms with E-state index in [9.17, 15) is 24.3 Å². The van der Waals surface area contributed by atoms with Crippen LogP contribution in [-0.2, 0) is 4.79 Å². The fraction of sp³-hybridized carbons (Fsp3) is 0.0278. The standard InChI is InChI=1S/C36H25N3O7S/c40-32(27-19-12-23(35(42)43)20-28(27)36(44)45)37-25-15-17-26(18-16-25)47-31(21-6-2-1-3-7-21)33(41)38-24-13-10-22(11-14-24)34-39-29-8-4-5-9-30(29)46-34/h1-20,31H,(H,37,40)(H,38,41)(H,42,43)(H,44,45). The van der Waals surface area contributed by atoms with Gasteiger partial charge in [-0.2, -0.15) is 0 Å². The maximum atomic E-state index is 13.6. The van der Waals surface area contributed by atoms with E-state index in [0.29, 0.717) is 22.8 Å². The Kier molecular flexibility index (Phi) is 8.80. The number of oxazole rings is 1. The van der Waals surface area contributed by atoms with Crippen molar-refractivity contribution in [1.82, 2.24) is 4.98 Å². The number of aromatic nitrogens is 1. The van der Waals surface area contributed by atoms with Gasteiger partial charge in [-0.1, -0.05) is 42.5 Å². The van der Waals surface area contributed by atoms with Gasteiger partial charge >= 0.3 is 11.9 Å². The topological polar surface area (TPSA) is 159 Å². The summed E-state index contributed by atoms with van der Waals surface area (Å²) in [4.78, 5) is 54.7. The molecule has 0 saturated heterocycles. The number of fused-ring (bicyclic) bond motifs is 1. The number of carboxylic acid groups (broad SMARTS) is 2. The summed E-state index contributed by atoms with van der Waals surface area (Å²) in [5.74, 6) is -3.18. The van der Waals surface area contributed by atoms with Crippen molar-refractivity contribution in [3.8, 4) is 11.5 Å². The van der Waals surface area contributed by atoms with E-state index in [2.05, 4.69) is 15.6 Å². The van der Waals surface area contributed by atoms with Crippen molar-refractivity contribution in [2.45, 2.75) is 10.1 Å². The van der Waals surface area contributed by atoms with Gasteiger partial charge in [0, 0.05) is 21.8 Å². The van der Waals surface area contributed by atoms with E-state index >= 15 is 0 Å². The number of thioether (sulfide) groups is 1. The number of amides is 2. The van der Waals surface area contributed by atoms with E-state index in [1.807, 2.05) is 66.7 Å². The Hall–Kier alpha value is -6.20. The minimum atomic E-state index is -1.42. The Labute approximate surface area is 272 Å². The second-order valence-corrected chi connectivity index (χ2v) is 11.5. The summed E-state index contributed by atoms with van der Waals surface area (Å²) in [7, 11) is 0. The molecule has 0 radical (unpaired) electrons. The molecular formula is C36H25N3O7S. The maximum absolute atomic E-state index is 13.6. The summed E-state index contributed by atoms with van der Waals surface area (Å²) in [6, 6.07) is 34.1.